The van der Waals surface area contributed by atoms with Gasteiger partial charge in [-0.05, 0) is 42.3 Å². The molecule has 0 saturated carbocycles. The maximum atomic E-state index is 12.7. The molecule has 0 radical (unpaired) electrons. The molecule has 2 heterocycles. The third-order valence-corrected chi connectivity index (χ3v) is 5.05. The van der Waals surface area contributed by atoms with Crippen molar-refractivity contribution in [3.8, 4) is 11.5 Å². The minimum atomic E-state index is -4.40. The molecule has 0 unspecified atom stereocenters. The number of carbonyl (C=O) groups excluding carboxylic acids is 1. The Morgan fingerprint density at radius 2 is 1.90 bits per heavy atom. The Hall–Kier alpha value is -3.49. The molecule has 6 nitrogen and oxygen atoms in total. The van der Waals surface area contributed by atoms with Gasteiger partial charge in [0.25, 0.3) is 5.56 Å². The van der Waals surface area contributed by atoms with Crippen LogP contribution < -0.4 is 10.3 Å². The van der Waals surface area contributed by atoms with E-state index in [4.69, 9.17) is 4.74 Å². The summed E-state index contributed by atoms with van der Waals surface area (Å²) >= 11 is 0. The molecule has 2 aromatic carbocycles. The Labute approximate surface area is 169 Å². The van der Waals surface area contributed by atoms with Gasteiger partial charge < -0.3 is 14.7 Å². The second kappa shape index (κ2) is 7.74. The molecule has 0 atom stereocenters. The Balaban J connectivity index is 1.48. The van der Waals surface area contributed by atoms with E-state index in [1.54, 1.807) is 17.0 Å². The minimum Gasteiger partial charge on any atom is -0.457 e. The van der Waals surface area contributed by atoms with Crippen LogP contribution in [0.5, 0.6) is 11.5 Å². The lowest BCUT2D eigenvalue weighted by molar-refractivity contribution is -0.137. The predicted octanol–water partition coefficient (Wildman–Crippen LogP) is 3.64. The van der Waals surface area contributed by atoms with Gasteiger partial charge in [0.1, 0.15) is 11.5 Å². The van der Waals surface area contributed by atoms with Crippen molar-refractivity contribution < 1.29 is 22.7 Å². The van der Waals surface area contributed by atoms with Gasteiger partial charge in [0.15, 0.2) is 0 Å². The highest BCUT2D eigenvalue weighted by molar-refractivity contribution is 5.79. The van der Waals surface area contributed by atoms with E-state index in [1.807, 2.05) is 6.07 Å². The number of hydrogen-bond acceptors (Lipinski definition) is 3. The van der Waals surface area contributed by atoms with Gasteiger partial charge >= 0.3 is 6.18 Å². The third kappa shape index (κ3) is 4.10. The van der Waals surface area contributed by atoms with Crippen molar-refractivity contribution in [2.24, 2.45) is 0 Å². The van der Waals surface area contributed by atoms with E-state index < -0.39 is 11.7 Å². The van der Waals surface area contributed by atoms with E-state index in [0.29, 0.717) is 36.6 Å². The molecule has 1 amide bonds. The van der Waals surface area contributed by atoms with E-state index >= 15 is 0 Å². The zero-order chi connectivity index (χ0) is 21.3. The molecule has 0 aliphatic carbocycles. The zero-order valence-electron chi connectivity index (χ0n) is 15.8. The van der Waals surface area contributed by atoms with Crippen LogP contribution in [0.2, 0.25) is 0 Å². The number of aromatic nitrogens is 2. The first-order valence-corrected chi connectivity index (χ1v) is 9.30. The molecule has 156 valence electrons. The normalized spacial score (nSPS) is 13.8. The molecular weight excluding hydrogens is 399 g/mol. The van der Waals surface area contributed by atoms with Crippen molar-refractivity contribution >= 4 is 5.91 Å². The maximum Gasteiger partial charge on any atom is 0.416 e. The molecule has 1 aliphatic rings. The number of carbonyl (C=O) groups is 1. The smallest absolute Gasteiger partial charge is 0.416 e. The summed E-state index contributed by atoms with van der Waals surface area (Å²) in [5.41, 5.74) is 1.15. The van der Waals surface area contributed by atoms with Crippen LogP contribution in [-0.4, -0.2) is 27.5 Å². The number of benzene rings is 2. The molecule has 9 heteroatoms. The highest BCUT2D eigenvalue weighted by Gasteiger charge is 2.30. The molecule has 1 aliphatic heterocycles. The number of ether oxygens (including phenoxy) is 1. The lowest BCUT2D eigenvalue weighted by Gasteiger charge is -2.30. The molecule has 0 spiro atoms. The predicted molar refractivity (Wildman–Crippen MR) is 102 cm³/mol. The SMILES string of the molecule is O=C(Cc1c[nH][nH]c1=O)N1CCc2c(cccc2Oc2ccc(C(F)(F)F)cc2)C1. The molecule has 0 fully saturated rings. The number of halogens is 3. The molecule has 4 rings (SSSR count). The Morgan fingerprint density at radius 3 is 2.57 bits per heavy atom. The van der Waals surface area contributed by atoms with Crippen molar-refractivity contribution in [1.82, 2.24) is 15.1 Å². The number of amides is 1. The number of rotatable bonds is 4. The summed E-state index contributed by atoms with van der Waals surface area (Å²) in [5, 5.41) is 4.98. The molecule has 0 saturated heterocycles. The standard InChI is InChI=1S/C21H18F3N3O3/c22-21(23,24)15-4-6-16(7-5-15)30-18-3-1-2-13-12-27(9-8-17(13)18)19(28)10-14-11-25-26-20(14)29/h1-7,11H,8-10,12H2,(H2,25,26,29). The lowest BCUT2D eigenvalue weighted by atomic mass is 9.98. The summed E-state index contributed by atoms with van der Waals surface area (Å²) in [7, 11) is 0. The first kappa shape index (κ1) is 19.8. The monoisotopic (exact) mass is 417 g/mol. The van der Waals surface area contributed by atoms with Crippen LogP contribution in [0.25, 0.3) is 0 Å². The number of H-pyrrole nitrogens is 2. The third-order valence-electron chi connectivity index (χ3n) is 5.05. The summed E-state index contributed by atoms with van der Waals surface area (Å²) < 4.78 is 44.0. The molecular formula is C21H18F3N3O3. The molecule has 0 bridgehead atoms. The summed E-state index contributed by atoms with van der Waals surface area (Å²) in [4.78, 5) is 25.8. The van der Waals surface area contributed by atoms with Crippen molar-refractivity contribution in [3.63, 3.8) is 0 Å². The maximum absolute atomic E-state index is 12.7. The van der Waals surface area contributed by atoms with E-state index in [1.165, 1.54) is 18.3 Å². The van der Waals surface area contributed by atoms with Gasteiger partial charge in [-0.1, -0.05) is 12.1 Å². The number of alkyl halides is 3. The number of hydrogen-bond donors (Lipinski definition) is 2. The van der Waals surface area contributed by atoms with Crippen LogP contribution in [0, 0.1) is 0 Å². The van der Waals surface area contributed by atoms with E-state index in [2.05, 4.69) is 10.2 Å². The van der Waals surface area contributed by atoms with Crippen molar-refractivity contribution in [3.05, 3.63) is 81.3 Å². The van der Waals surface area contributed by atoms with Crippen LogP contribution >= 0.6 is 0 Å². The van der Waals surface area contributed by atoms with Gasteiger partial charge in [-0.25, -0.2) is 0 Å². The van der Waals surface area contributed by atoms with Crippen LogP contribution in [-0.2, 0) is 30.4 Å². The Bertz CT molecular complexity index is 1120. The summed E-state index contributed by atoms with van der Waals surface area (Å²) in [6.45, 7) is 0.836. The number of aromatic amines is 2. The van der Waals surface area contributed by atoms with Crippen LogP contribution in [0.15, 0.2) is 53.5 Å². The van der Waals surface area contributed by atoms with Gasteiger partial charge in [0.05, 0.1) is 12.0 Å². The first-order valence-electron chi connectivity index (χ1n) is 9.30. The van der Waals surface area contributed by atoms with Gasteiger partial charge in [-0.3, -0.25) is 14.7 Å². The molecule has 1 aromatic heterocycles. The van der Waals surface area contributed by atoms with Gasteiger partial charge in [0.2, 0.25) is 5.91 Å². The van der Waals surface area contributed by atoms with Crippen LogP contribution in [0.3, 0.4) is 0 Å². The fourth-order valence-electron chi connectivity index (χ4n) is 3.46. The fourth-order valence-corrected chi connectivity index (χ4v) is 3.46. The average Bonchev–Trinajstić information content (AvgIpc) is 3.12. The lowest BCUT2D eigenvalue weighted by Crippen LogP contribution is -2.37. The number of fused-ring (bicyclic) bond motifs is 1. The second-order valence-electron chi connectivity index (χ2n) is 7.03. The topological polar surface area (TPSA) is 78.2 Å². The highest BCUT2D eigenvalue weighted by atomic mass is 19.4. The van der Waals surface area contributed by atoms with E-state index in [9.17, 15) is 22.8 Å². The van der Waals surface area contributed by atoms with Crippen LogP contribution in [0.4, 0.5) is 13.2 Å². The van der Waals surface area contributed by atoms with Gasteiger partial charge in [0, 0.05) is 30.4 Å². The quantitative estimate of drug-likeness (QED) is 0.680. The summed E-state index contributed by atoms with van der Waals surface area (Å²) in [6, 6.07) is 9.96. The van der Waals surface area contributed by atoms with E-state index in [-0.39, 0.29) is 17.9 Å². The summed E-state index contributed by atoms with van der Waals surface area (Å²) in [6.07, 6.45) is -2.36. The number of nitrogens with zero attached hydrogens (tertiary/aromatic N) is 1. The minimum absolute atomic E-state index is 0.00983. The molecule has 2 N–H and O–H groups in total. The van der Waals surface area contributed by atoms with Gasteiger partial charge in [-0.2, -0.15) is 13.2 Å². The van der Waals surface area contributed by atoms with Crippen molar-refractivity contribution in [2.45, 2.75) is 25.6 Å². The largest absolute Gasteiger partial charge is 0.457 e. The zero-order valence-corrected chi connectivity index (χ0v) is 15.8. The van der Waals surface area contributed by atoms with E-state index in [0.717, 1.165) is 23.3 Å². The van der Waals surface area contributed by atoms with Crippen molar-refractivity contribution in [2.75, 3.05) is 6.54 Å². The number of nitrogens with one attached hydrogen (secondary N) is 2. The Morgan fingerprint density at radius 1 is 1.13 bits per heavy atom. The average molecular weight is 417 g/mol. The summed E-state index contributed by atoms with van der Waals surface area (Å²) in [5.74, 6) is 0.711. The van der Waals surface area contributed by atoms with Crippen molar-refractivity contribution in [1.29, 1.82) is 0 Å². The second-order valence-corrected chi connectivity index (χ2v) is 7.03. The molecule has 3 aromatic rings. The molecule has 30 heavy (non-hydrogen) atoms. The van der Waals surface area contributed by atoms with Gasteiger partial charge in [-0.15, -0.1) is 0 Å². The fraction of sp³-hybridized carbons (Fsp3) is 0.238. The van der Waals surface area contributed by atoms with Crippen LogP contribution in [0.1, 0.15) is 22.3 Å². The Kier molecular flexibility index (Phi) is 5.11. The highest BCUT2D eigenvalue weighted by Crippen LogP contribution is 2.34. The first-order chi connectivity index (χ1) is 14.3.